The number of pyridine rings is 1. The Kier molecular flexibility index (Phi) is 2.75. The van der Waals surface area contributed by atoms with Crippen LogP contribution in [-0.4, -0.2) is 19.2 Å². The lowest BCUT2D eigenvalue weighted by molar-refractivity contribution is 0.355. The van der Waals surface area contributed by atoms with Crippen LogP contribution in [0.1, 0.15) is 5.69 Å². The molecule has 1 aromatic heterocycles. The number of aryl methyl sites for hydroxylation is 1. The number of hydrogen-bond acceptors (Lipinski definition) is 3. The molecule has 0 spiro atoms. The molecular formula is C12H12FNO3. The number of fused-ring (bicyclic) bond motifs is 1. The molecule has 0 amide bonds. The highest BCUT2D eigenvalue weighted by molar-refractivity contribution is 5.86. The molecule has 0 saturated carbocycles. The van der Waals surface area contributed by atoms with E-state index in [1.165, 1.54) is 33.3 Å². The van der Waals surface area contributed by atoms with E-state index >= 15 is 0 Å². The first kappa shape index (κ1) is 11.4. The van der Waals surface area contributed by atoms with Gasteiger partial charge in [-0.25, -0.2) is 4.39 Å². The van der Waals surface area contributed by atoms with Crippen molar-refractivity contribution in [3.63, 3.8) is 0 Å². The minimum absolute atomic E-state index is 0.203. The van der Waals surface area contributed by atoms with Crippen molar-refractivity contribution in [2.45, 2.75) is 6.92 Å². The van der Waals surface area contributed by atoms with Crippen molar-refractivity contribution in [2.24, 2.45) is 0 Å². The van der Waals surface area contributed by atoms with Gasteiger partial charge in [0.25, 0.3) is 5.56 Å². The molecule has 1 aromatic carbocycles. The van der Waals surface area contributed by atoms with Gasteiger partial charge in [-0.2, -0.15) is 0 Å². The van der Waals surface area contributed by atoms with Gasteiger partial charge in [0, 0.05) is 5.39 Å². The van der Waals surface area contributed by atoms with Crippen LogP contribution in [0.15, 0.2) is 16.9 Å². The van der Waals surface area contributed by atoms with Crippen molar-refractivity contribution in [3.05, 3.63) is 34.0 Å². The molecule has 4 nitrogen and oxygen atoms in total. The first-order valence-electron chi connectivity index (χ1n) is 5.02. The molecule has 0 radical (unpaired) electrons. The molecule has 0 saturated heterocycles. The maximum absolute atomic E-state index is 13.9. The van der Waals surface area contributed by atoms with Gasteiger partial charge in [0.15, 0.2) is 11.5 Å². The summed E-state index contributed by atoms with van der Waals surface area (Å²) in [4.78, 5) is 14.1. The summed E-state index contributed by atoms with van der Waals surface area (Å²) in [6, 6.07) is 2.93. The zero-order valence-electron chi connectivity index (χ0n) is 9.76. The smallest absolute Gasteiger partial charge is 0.256 e. The Balaban J connectivity index is 2.92. The van der Waals surface area contributed by atoms with Gasteiger partial charge >= 0.3 is 0 Å². The minimum atomic E-state index is -0.458. The first-order valence-corrected chi connectivity index (χ1v) is 5.02. The average molecular weight is 237 g/mol. The Labute approximate surface area is 97.0 Å². The third-order valence-electron chi connectivity index (χ3n) is 2.64. The van der Waals surface area contributed by atoms with Crippen LogP contribution in [0.3, 0.4) is 0 Å². The average Bonchev–Trinajstić information content (AvgIpc) is 2.34. The molecule has 5 heteroatoms. The van der Waals surface area contributed by atoms with Crippen molar-refractivity contribution in [1.29, 1.82) is 0 Å². The number of H-pyrrole nitrogens is 1. The van der Waals surface area contributed by atoms with E-state index in [-0.39, 0.29) is 22.0 Å². The van der Waals surface area contributed by atoms with Crippen LogP contribution in [-0.2, 0) is 0 Å². The summed E-state index contributed by atoms with van der Waals surface area (Å²) < 4.78 is 24.0. The van der Waals surface area contributed by atoms with Gasteiger partial charge in [0.1, 0.15) is 5.82 Å². The van der Waals surface area contributed by atoms with E-state index in [0.29, 0.717) is 11.5 Å². The molecule has 0 fully saturated rings. The molecule has 0 aliphatic heterocycles. The summed E-state index contributed by atoms with van der Waals surface area (Å²) in [5.74, 6) is 0.332. The van der Waals surface area contributed by atoms with Gasteiger partial charge in [0.2, 0.25) is 0 Å². The normalized spacial score (nSPS) is 10.6. The van der Waals surface area contributed by atoms with Gasteiger partial charge < -0.3 is 14.5 Å². The fraction of sp³-hybridized carbons (Fsp3) is 0.250. The summed E-state index contributed by atoms with van der Waals surface area (Å²) in [6.07, 6.45) is 0. The van der Waals surface area contributed by atoms with Crippen LogP contribution < -0.4 is 15.0 Å². The van der Waals surface area contributed by atoms with E-state index in [2.05, 4.69) is 4.98 Å². The number of nitrogens with one attached hydrogen (secondary N) is 1. The maximum atomic E-state index is 13.9. The van der Waals surface area contributed by atoms with Crippen LogP contribution in [0.4, 0.5) is 4.39 Å². The highest BCUT2D eigenvalue weighted by Crippen LogP contribution is 2.32. The number of hydrogen-bond donors (Lipinski definition) is 1. The fourth-order valence-electron chi connectivity index (χ4n) is 1.74. The second kappa shape index (κ2) is 4.08. The van der Waals surface area contributed by atoms with Crippen LogP contribution in [0.2, 0.25) is 0 Å². The third-order valence-corrected chi connectivity index (χ3v) is 2.64. The largest absolute Gasteiger partial charge is 0.493 e. The predicted molar refractivity (Wildman–Crippen MR) is 62.4 cm³/mol. The Bertz CT molecular complexity index is 634. The molecule has 2 aromatic rings. The fourth-order valence-corrected chi connectivity index (χ4v) is 1.74. The number of halogens is 1. The molecule has 1 heterocycles. The zero-order valence-corrected chi connectivity index (χ0v) is 9.76. The Hall–Kier alpha value is -2.04. The lowest BCUT2D eigenvalue weighted by Crippen LogP contribution is -2.10. The number of benzene rings is 1. The number of methoxy groups -OCH3 is 2. The quantitative estimate of drug-likeness (QED) is 0.869. The summed E-state index contributed by atoms with van der Waals surface area (Å²) >= 11 is 0. The van der Waals surface area contributed by atoms with Gasteiger partial charge in [-0.05, 0) is 19.1 Å². The minimum Gasteiger partial charge on any atom is -0.493 e. The lowest BCUT2D eigenvalue weighted by Gasteiger charge is -2.09. The summed E-state index contributed by atoms with van der Waals surface area (Å²) in [5.41, 5.74) is -0.144. The molecule has 2 rings (SSSR count). The molecular weight excluding hydrogens is 225 g/mol. The Morgan fingerprint density at radius 3 is 2.18 bits per heavy atom. The zero-order chi connectivity index (χ0) is 12.6. The Morgan fingerprint density at radius 2 is 1.65 bits per heavy atom. The van der Waals surface area contributed by atoms with E-state index in [1.54, 1.807) is 0 Å². The second-order valence-corrected chi connectivity index (χ2v) is 3.65. The standard InChI is InChI=1S/C12H12FNO3/c1-6-11(13)7-4-9(16-2)10(17-3)5-8(7)12(15)14-6/h4-5H,1-3H3,(H,14,15). The van der Waals surface area contributed by atoms with Crippen LogP contribution >= 0.6 is 0 Å². The highest BCUT2D eigenvalue weighted by Gasteiger charge is 2.13. The van der Waals surface area contributed by atoms with Crippen LogP contribution in [0, 0.1) is 12.7 Å². The van der Waals surface area contributed by atoms with E-state index in [9.17, 15) is 9.18 Å². The summed E-state index contributed by atoms with van der Waals surface area (Å²) in [5, 5.41) is 0.467. The molecule has 90 valence electrons. The van der Waals surface area contributed by atoms with Crippen molar-refractivity contribution < 1.29 is 13.9 Å². The molecule has 0 atom stereocenters. The summed E-state index contributed by atoms with van der Waals surface area (Å²) in [7, 11) is 2.92. The van der Waals surface area contributed by atoms with E-state index < -0.39 is 5.82 Å². The molecule has 1 N–H and O–H groups in total. The molecule has 0 bridgehead atoms. The van der Waals surface area contributed by atoms with Crippen LogP contribution in [0.5, 0.6) is 11.5 Å². The third kappa shape index (κ3) is 1.73. The number of rotatable bonds is 2. The highest BCUT2D eigenvalue weighted by atomic mass is 19.1. The van der Waals surface area contributed by atoms with Gasteiger partial charge in [0.05, 0.1) is 25.3 Å². The molecule has 0 aliphatic rings. The SMILES string of the molecule is COc1cc2c(F)c(C)[nH]c(=O)c2cc1OC. The van der Waals surface area contributed by atoms with E-state index in [0.717, 1.165) is 0 Å². The number of ether oxygens (including phenoxy) is 2. The molecule has 17 heavy (non-hydrogen) atoms. The van der Waals surface area contributed by atoms with E-state index in [1.807, 2.05) is 0 Å². The maximum Gasteiger partial charge on any atom is 0.256 e. The van der Waals surface area contributed by atoms with Gasteiger partial charge in [-0.15, -0.1) is 0 Å². The van der Waals surface area contributed by atoms with Gasteiger partial charge in [-0.1, -0.05) is 0 Å². The van der Waals surface area contributed by atoms with Crippen molar-refractivity contribution >= 4 is 10.8 Å². The Morgan fingerprint density at radius 1 is 1.12 bits per heavy atom. The number of aromatic nitrogens is 1. The second-order valence-electron chi connectivity index (χ2n) is 3.65. The van der Waals surface area contributed by atoms with Crippen LogP contribution in [0.25, 0.3) is 10.8 Å². The van der Waals surface area contributed by atoms with Crippen molar-refractivity contribution in [1.82, 2.24) is 4.98 Å². The monoisotopic (exact) mass is 237 g/mol. The molecule has 0 aliphatic carbocycles. The molecule has 0 unspecified atom stereocenters. The number of aromatic amines is 1. The summed E-state index contributed by atoms with van der Waals surface area (Å²) in [6.45, 7) is 1.51. The van der Waals surface area contributed by atoms with Crippen molar-refractivity contribution in [3.8, 4) is 11.5 Å². The lowest BCUT2D eigenvalue weighted by atomic mass is 10.1. The first-order chi connectivity index (χ1) is 8.08. The predicted octanol–water partition coefficient (Wildman–Crippen LogP) is 1.99. The van der Waals surface area contributed by atoms with Gasteiger partial charge in [-0.3, -0.25) is 4.79 Å². The van der Waals surface area contributed by atoms with Crippen molar-refractivity contribution in [2.75, 3.05) is 14.2 Å². The topological polar surface area (TPSA) is 51.3 Å². The van der Waals surface area contributed by atoms with E-state index in [4.69, 9.17) is 9.47 Å².